The zero-order chi connectivity index (χ0) is 11.4. The van der Waals surface area contributed by atoms with Gasteiger partial charge in [-0.25, -0.2) is 0 Å². The van der Waals surface area contributed by atoms with Gasteiger partial charge in [0.25, 0.3) is 0 Å². The average Bonchev–Trinajstić information content (AvgIpc) is 2.08. The highest BCUT2D eigenvalue weighted by Gasteiger charge is 2.08. The van der Waals surface area contributed by atoms with Crippen LogP contribution < -0.4 is 5.32 Å². The number of hydrogen-bond donors (Lipinski definition) is 1. The third kappa shape index (κ3) is 3.90. The lowest BCUT2D eigenvalue weighted by molar-refractivity contribution is -0.128. The minimum absolute atomic E-state index is 0.0651. The fourth-order valence-corrected chi connectivity index (χ4v) is 1.55. The van der Waals surface area contributed by atoms with Crippen molar-refractivity contribution in [1.29, 1.82) is 0 Å². The first-order valence-electron chi connectivity index (χ1n) is 4.23. The number of carbonyl (C=O) groups is 2. The molecule has 0 aliphatic heterocycles. The second-order valence-corrected chi connectivity index (χ2v) is 3.86. The van der Waals surface area contributed by atoms with Gasteiger partial charge >= 0.3 is 0 Å². The number of rotatable bonds is 2. The first kappa shape index (κ1) is 12.0. The molecule has 0 aliphatic carbocycles. The molecule has 80 valence electrons. The molecule has 5 heteroatoms. The molecule has 3 nitrogen and oxygen atoms in total. The van der Waals surface area contributed by atoms with Gasteiger partial charge in [0.15, 0.2) is 0 Å². The van der Waals surface area contributed by atoms with Crippen molar-refractivity contribution in [2.24, 2.45) is 0 Å². The van der Waals surface area contributed by atoms with Crippen LogP contribution in [0.15, 0.2) is 18.2 Å². The van der Waals surface area contributed by atoms with Gasteiger partial charge in [0, 0.05) is 17.0 Å². The molecule has 1 N–H and O–H groups in total. The first-order chi connectivity index (χ1) is 6.99. The van der Waals surface area contributed by atoms with E-state index in [2.05, 4.69) is 5.32 Å². The number of hydrogen-bond acceptors (Lipinski definition) is 2. The van der Waals surface area contributed by atoms with Crippen molar-refractivity contribution in [1.82, 2.24) is 5.32 Å². The van der Waals surface area contributed by atoms with E-state index in [0.29, 0.717) is 15.6 Å². The molecule has 0 heterocycles. The maximum absolute atomic E-state index is 11.2. The summed E-state index contributed by atoms with van der Waals surface area (Å²) in [4.78, 5) is 21.8. The summed E-state index contributed by atoms with van der Waals surface area (Å²) < 4.78 is 0. The van der Waals surface area contributed by atoms with E-state index < -0.39 is 0 Å². The Morgan fingerprint density at radius 1 is 1.33 bits per heavy atom. The van der Waals surface area contributed by atoms with E-state index in [1.54, 1.807) is 18.2 Å². The van der Waals surface area contributed by atoms with Crippen LogP contribution >= 0.6 is 23.2 Å². The van der Waals surface area contributed by atoms with E-state index in [-0.39, 0.29) is 18.2 Å². The Morgan fingerprint density at radius 2 is 2.00 bits per heavy atom. The average molecular weight is 246 g/mol. The van der Waals surface area contributed by atoms with Crippen molar-refractivity contribution in [3.05, 3.63) is 33.8 Å². The number of halogens is 2. The van der Waals surface area contributed by atoms with Crippen LogP contribution in [0.1, 0.15) is 12.5 Å². The second-order valence-electron chi connectivity index (χ2n) is 3.02. The molecule has 0 fully saturated rings. The van der Waals surface area contributed by atoms with Crippen molar-refractivity contribution < 1.29 is 9.59 Å². The summed E-state index contributed by atoms with van der Waals surface area (Å²) in [5.74, 6) is -0.767. The van der Waals surface area contributed by atoms with Crippen LogP contribution in [0.3, 0.4) is 0 Å². The summed E-state index contributed by atoms with van der Waals surface area (Å²) in [5, 5.41) is 3.09. The van der Waals surface area contributed by atoms with Crippen molar-refractivity contribution >= 4 is 35.0 Å². The number of amides is 2. The smallest absolute Gasteiger partial charge is 0.231 e. The van der Waals surface area contributed by atoms with E-state index in [1.165, 1.54) is 6.92 Å². The standard InChI is InChI=1S/C10H9Cl2NO2/c1-6(14)13-10(15)4-7-2-3-8(11)5-9(7)12/h2-3,5H,4H2,1H3,(H,13,14,15). The Bertz CT molecular complexity index is 404. The first-order valence-corrected chi connectivity index (χ1v) is 4.99. The predicted octanol–water partition coefficient (Wildman–Crippen LogP) is 2.20. The molecular weight excluding hydrogens is 237 g/mol. The normalized spacial score (nSPS) is 9.80. The highest BCUT2D eigenvalue weighted by Crippen LogP contribution is 2.21. The Hall–Kier alpha value is -1.06. The molecular formula is C10H9Cl2NO2. The van der Waals surface area contributed by atoms with E-state index in [0.717, 1.165) is 0 Å². The molecule has 1 aromatic carbocycles. The van der Waals surface area contributed by atoms with Gasteiger partial charge in [-0.05, 0) is 17.7 Å². The SMILES string of the molecule is CC(=O)NC(=O)Cc1ccc(Cl)cc1Cl. The predicted molar refractivity (Wildman–Crippen MR) is 59.0 cm³/mol. The van der Waals surface area contributed by atoms with Crippen LogP contribution in [-0.2, 0) is 16.0 Å². The van der Waals surface area contributed by atoms with E-state index >= 15 is 0 Å². The minimum Gasteiger partial charge on any atom is -0.296 e. The summed E-state index contributed by atoms with van der Waals surface area (Å²) in [6.07, 6.45) is 0.0651. The van der Waals surface area contributed by atoms with Gasteiger partial charge in [0.1, 0.15) is 0 Å². The molecule has 0 atom stereocenters. The largest absolute Gasteiger partial charge is 0.296 e. The zero-order valence-electron chi connectivity index (χ0n) is 8.01. The highest BCUT2D eigenvalue weighted by molar-refractivity contribution is 6.35. The summed E-state index contributed by atoms with van der Waals surface area (Å²) >= 11 is 11.6. The fraction of sp³-hybridized carbons (Fsp3) is 0.200. The number of benzene rings is 1. The number of nitrogens with one attached hydrogen (secondary N) is 1. The maximum Gasteiger partial charge on any atom is 0.231 e. The summed E-state index contributed by atoms with van der Waals surface area (Å²) in [7, 11) is 0. The van der Waals surface area contributed by atoms with Crippen LogP contribution in [0.25, 0.3) is 0 Å². The molecule has 0 saturated heterocycles. The van der Waals surface area contributed by atoms with Crippen LogP contribution in [0.2, 0.25) is 10.0 Å². The monoisotopic (exact) mass is 245 g/mol. The molecule has 0 saturated carbocycles. The number of imide groups is 1. The molecule has 0 aliphatic rings. The molecule has 0 spiro atoms. The lowest BCUT2D eigenvalue weighted by Crippen LogP contribution is -2.29. The lowest BCUT2D eigenvalue weighted by atomic mass is 10.1. The Balaban J connectivity index is 2.72. The van der Waals surface area contributed by atoms with Crippen LogP contribution in [0, 0.1) is 0 Å². The third-order valence-corrected chi connectivity index (χ3v) is 2.27. The zero-order valence-corrected chi connectivity index (χ0v) is 9.52. The Labute approximate surface area is 97.4 Å². The Morgan fingerprint density at radius 3 is 2.53 bits per heavy atom. The van der Waals surface area contributed by atoms with Crippen LogP contribution in [-0.4, -0.2) is 11.8 Å². The summed E-state index contributed by atoms with van der Waals surface area (Å²) in [6, 6.07) is 4.85. The highest BCUT2D eigenvalue weighted by atomic mass is 35.5. The molecule has 1 rings (SSSR count). The third-order valence-electron chi connectivity index (χ3n) is 1.68. The van der Waals surface area contributed by atoms with Gasteiger partial charge in [0.2, 0.25) is 11.8 Å². The van der Waals surface area contributed by atoms with Crippen molar-refractivity contribution in [3.63, 3.8) is 0 Å². The molecule has 0 aromatic heterocycles. The molecule has 15 heavy (non-hydrogen) atoms. The molecule has 0 unspecified atom stereocenters. The maximum atomic E-state index is 11.2. The molecule has 2 amide bonds. The van der Waals surface area contributed by atoms with Crippen molar-refractivity contribution in [2.75, 3.05) is 0 Å². The fourth-order valence-electron chi connectivity index (χ4n) is 1.08. The summed E-state index contributed by atoms with van der Waals surface area (Å²) in [5.41, 5.74) is 0.639. The van der Waals surface area contributed by atoms with Crippen molar-refractivity contribution in [2.45, 2.75) is 13.3 Å². The molecule has 0 bridgehead atoms. The van der Waals surface area contributed by atoms with E-state index in [1.807, 2.05) is 0 Å². The van der Waals surface area contributed by atoms with Gasteiger partial charge in [-0.15, -0.1) is 0 Å². The minimum atomic E-state index is -0.384. The van der Waals surface area contributed by atoms with Crippen molar-refractivity contribution in [3.8, 4) is 0 Å². The topological polar surface area (TPSA) is 46.2 Å². The van der Waals surface area contributed by atoms with Crippen LogP contribution in [0.4, 0.5) is 0 Å². The van der Waals surface area contributed by atoms with E-state index in [4.69, 9.17) is 23.2 Å². The second kappa shape index (κ2) is 5.14. The number of carbonyl (C=O) groups excluding carboxylic acids is 2. The van der Waals surface area contributed by atoms with Gasteiger partial charge < -0.3 is 0 Å². The quantitative estimate of drug-likeness (QED) is 0.869. The van der Waals surface area contributed by atoms with E-state index in [9.17, 15) is 9.59 Å². The van der Waals surface area contributed by atoms with Gasteiger partial charge in [-0.1, -0.05) is 29.3 Å². The lowest BCUT2D eigenvalue weighted by Gasteiger charge is -2.04. The molecule has 1 aromatic rings. The molecule has 0 radical (unpaired) electrons. The van der Waals surface area contributed by atoms with Gasteiger partial charge in [-0.2, -0.15) is 0 Å². The van der Waals surface area contributed by atoms with Crippen LogP contribution in [0.5, 0.6) is 0 Å². The Kier molecular flexibility index (Phi) is 4.12. The summed E-state index contributed by atoms with van der Waals surface area (Å²) in [6.45, 7) is 1.28. The van der Waals surface area contributed by atoms with Gasteiger partial charge in [0.05, 0.1) is 6.42 Å². The van der Waals surface area contributed by atoms with Gasteiger partial charge in [-0.3, -0.25) is 14.9 Å².